The summed E-state index contributed by atoms with van der Waals surface area (Å²) in [5.41, 5.74) is 8.04. The van der Waals surface area contributed by atoms with Gasteiger partial charge in [-0.15, -0.1) is 0 Å². The number of piperazine rings is 1. The zero-order chi connectivity index (χ0) is 14.0. The first-order valence-corrected chi connectivity index (χ1v) is 6.65. The van der Waals surface area contributed by atoms with Crippen molar-refractivity contribution in [3.8, 4) is 0 Å². The number of nitrogens with zero attached hydrogens (tertiary/aromatic N) is 4. The summed E-state index contributed by atoms with van der Waals surface area (Å²) in [7, 11) is 0. The molecular weight excluding hydrogens is 246 g/mol. The number of esters is 1. The van der Waals surface area contributed by atoms with E-state index in [1.54, 1.807) is 0 Å². The van der Waals surface area contributed by atoms with E-state index in [2.05, 4.69) is 20.2 Å². The summed E-state index contributed by atoms with van der Waals surface area (Å²) in [5, 5.41) is 7.00. The third-order valence-electron chi connectivity index (χ3n) is 3.45. The number of ether oxygens (including phenoxy) is 1. The van der Waals surface area contributed by atoms with E-state index in [0.29, 0.717) is 6.42 Å². The molecule has 0 aliphatic carbocycles. The van der Waals surface area contributed by atoms with Gasteiger partial charge in [-0.3, -0.25) is 9.69 Å². The number of hydrogen-bond acceptors (Lipinski definition) is 5. The SMILES string of the molecule is CC(C)(C)OC(=O)C1NCCN2CC(N=[N+]=[N-])CC12. The molecule has 0 saturated carbocycles. The number of carbonyl (C=O) groups excluding carboxylic acids is 1. The summed E-state index contributed by atoms with van der Waals surface area (Å²) >= 11 is 0. The molecule has 0 amide bonds. The Morgan fingerprint density at radius 2 is 2.26 bits per heavy atom. The van der Waals surface area contributed by atoms with E-state index in [9.17, 15) is 4.79 Å². The van der Waals surface area contributed by atoms with Crippen LogP contribution in [0.5, 0.6) is 0 Å². The van der Waals surface area contributed by atoms with Crippen LogP contribution in [0.4, 0.5) is 0 Å². The highest BCUT2D eigenvalue weighted by Gasteiger charge is 2.43. The molecule has 106 valence electrons. The van der Waals surface area contributed by atoms with E-state index < -0.39 is 5.60 Å². The van der Waals surface area contributed by atoms with Gasteiger partial charge >= 0.3 is 5.97 Å². The molecule has 0 aromatic carbocycles. The normalized spacial score (nSPS) is 31.4. The molecule has 2 saturated heterocycles. The summed E-state index contributed by atoms with van der Waals surface area (Å²) in [6.07, 6.45) is 0.709. The highest BCUT2D eigenvalue weighted by Crippen LogP contribution is 2.26. The third kappa shape index (κ3) is 3.37. The summed E-state index contributed by atoms with van der Waals surface area (Å²) < 4.78 is 5.45. The lowest BCUT2D eigenvalue weighted by atomic mass is 10.0. The van der Waals surface area contributed by atoms with Crippen molar-refractivity contribution in [3.63, 3.8) is 0 Å². The molecule has 2 fully saturated rings. The molecule has 2 heterocycles. The molecule has 7 heteroatoms. The summed E-state index contributed by atoms with van der Waals surface area (Å²) in [6.45, 7) is 7.95. The quantitative estimate of drug-likeness (QED) is 0.350. The smallest absolute Gasteiger partial charge is 0.325 e. The van der Waals surface area contributed by atoms with Crippen LogP contribution in [0.3, 0.4) is 0 Å². The maximum atomic E-state index is 12.2. The standard InChI is InChI=1S/C12H21N5O2/c1-12(2,3)19-11(18)10-9-6-8(15-16-13)7-17(9)5-4-14-10/h8-10,14H,4-7H2,1-3H3. The highest BCUT2D eigenvalue weighted by atomic mass is 16.6. The lowest BCUT2D eigenvalue weighted by Gasteiger charge is -2.37. The Morgan fingerprint density at radius 1 is 1.53 bits per heavy atom. The minimum atomic E-state index is -0.482. The molecule has 1 N–H and O–H groups in total. The minimum Gasteiger partial charge on any atom is -0.459 e. The second-order valence-electron chi connectivity index (χ2n) is 6.12. The molecule has 19 heavy (non-hydrogen) atoms. The summed E-state index contributed by atoms with van der Waals surface area (Å²) in [5.74, 6) is -0.219. The van der Waals surface area contributed by atoms with Crippen molar-refractivity contribution in [2.75, 3.05) is 19.6 Å². The first-order valence-electron chi connectivity index (χ1n) is 6.65. The Hall–Kier alpha value is -1.30. The van der Waals surface area contributed by atoms with Crippen molar-refractivity contribution in [3.05, 3.63) is 10.4 Å². The Bertz CT molecular complexity index is 399. The Balaban J connectivity index is 2.05. The van der Waals surface area contributed by atoms with E-state index in [4.69, 9.17) is 10.3 Å². The van der Waals surface area contributed by atoms with Crippen molar-refractivity contribution in [2.24, 2.45) is 5.11 Å². The Morgan fingerprint density at radius 3 is 2.89 bits per heavy atom. The van der Waals surface area contributed by atoms with Crippen LogP contribution in [0.25, 0.3) is 10.4 Å². The number of azide groups is 1. The van der Waals surface area contributed by atoms with Gasteiger partial charge in [0.05, 0.1) is 6.04 Å². The highest BCUT2D eigenvalue weighted by molar-refractivity contribution is 5.77. The van der Waals surface area contributed by atoms with Crippen LogP contribution in [0, 0.1) is 0 Å². The monoisotopic (exact) mass is 267 g/mol. The fourth-order valence-corrected chi connectivity index (χ4v) is 2.77. The molecule has 0 aromatic heterocycles. The van der Waals surface area contributed by atoms with Crippen LogP contribution in [-0.2, 0) is 9.53 Å². The number of carbonyl (C=O) groups is 1. The van der Waals surface area contributed by atoms with Crippen LogP contribution in [0.15, 0.2) is 5.11 Å². The maximum Gasteiger partial charge on any atom is 0.325 e. The van der Waals surface area contributed by atoms with Gasteiger partial charge in [0.2, 0.25) is 0 Å². The molecule has 2 aliphatic rings. The lowest BCUT2D eigenvalue weighted by Crippen LogP contribution is -2.59. The molecule has 3 atom stereocenters. The zero-order valence-electron chi connectivity index (χ0n) is 11.7. The largest absolute Gasteiger partial charge is 0.459 e. The van der Waals surface area contributed by atoms with Crippen LogP contribution < -0.4 is 5.32 Å². The van der Waals surface area contributed by atoms with Crippen molar-refractivity contribution >= 4 is 5.97 Å². The van der Waals surface area contributed by atoms with Gasteiger partial charge in [-0.25, -0.2) is 0 Å². The third-order valence-corrected chi connectivity index (χ3v) is 3.45. The lowest BCUT2D eigenvalue weighted by molar-refractivity contribution is -0.160. The van der Waals surface area contributed by atoms with E-state index in [1.165, 1.54) is 0 Å². The van der Waals surface area contributed by atoms with Crippen molar-refractivity contribution in [2.45, 2.75) is 50.9 Å². The van der Waals surface area contributed by atoms with Crippen molar-refractivity contribution < 1.29 is 9.53 Å². The second-order valence-corrected chi connectivity index (χ2v) is 6.12. The molecule has 0 spiro atoms. The van der Waals surface area contributed by atoms with E-state index in [0.717, 1.165) is 19.6 Å². The van der Waals surface area contributed by atoms with E-state index in [-0.39, 0.29) is 24.1 Å². The zero-order valence-corrected chi connectivity index (χ0v) is 11.7. The fourth-order valence-electron chi connectivity index (χ4n) is 2.77. The van der Waals surface area contributed by atoms with Crippen molar-refractivity contribution in [1.29, 1.82) is 0 Å². The number of nitrogens with one attached hydrogen (secondary N) is 1. The number of hydrogen-bond donors (Lipinski definition) is 1. The fraction of sp³-hybridized carbons (Fsp3) is 0.917. The Kier molecular flexibility index (Phi) is 3.99. The topological polar surface area (TPSA) is 90.3 Å². The predicted octanol–water partition coefficient (Wildman–Crippen LogP) is 1.05. The van der Waals surface area contributed by atoms with Crippen LogP contribution >= 0.6 is 0 Å². The molecule has 0 radical (unpaired) electrons. The molecule has 2 aliphatic heterocycles. The minimum absolute atomic E-state index is 0.0418. The average Bonchev–Trinajstić information content (AvgIpc) is 2.68. The van der Waals surface area contributed by atoms with Crippen LogP contribution in [0.2, 0.25) is 0 Å². The molecule has 0 bridgehead atoms. The molecule has 3 unspecified atom stereocenters. The maximum absolute atomic E-state index is 12.2. The number of fused-ring (bicyclic) bond motifs is 1. The first-order chi connectivity index (χ1) is 8.90. The predicted molar refractivity (Wildman–Crippen MR) is 70.5 cm³/mol. The van der Waals surface area contributed by atoms with Gasteiger partial charge in [0.1, 0.15) is 11.6 Å². The molecule has 0 aromatic rings. The summed E-state index contributed by atoms with van der Waals surface area (Å²) in [4.78, 5) is 17.3. The van der Waals surface area contributed by atoms with Gasteiger partial charge in [0.15, 0.2) is 0 Å². The molecular formula is C12H21N5O2. The van der Waals surface area contributed by atoms with Gasteiger partial charge in [0.25, 0.3) is 0 Å². The Labute approximate surface area is 112 Å². The van der Waals surface area contributed by atoms with Gasteiger partial charge in [-0.2, -0.15) is 0 Å². The van der Waals surface area contributed by atoms with Gasteiger partial charge in [0, 0.05) is 30.6 Å². The van der Waals surface area contributed by atoms with Gasteiger partial charge in [-0.05, 0) is 32.7 Å². The van der Waals surface area contributed by atoms with E-state index >= 15 is 0 Å². The van der Waals surface area contributed by atoms with Crippen LogP contribution in [0.1, 0.15) is 27.2 Å². The summed E-state index contributed by atoms with van der Waals surface area (Å²) in [6, 6.07) is -0.300. The van der Waals surface area contributed by atoms with Crippen LogP contribution in [-0.4, -0.2) is 54.2 Å². The van der Waals surface area contributed by atoms with Gasteiger partial charge < -0.3 is 10.1 Å². The first kappa shape index (κ1) is 14.1. The van der Waals surface area contributed by atoms with Crippen molar-refractivity contribution in [1.82, 2.24) is 10.2 Å². The second kappa shape index (κ2) is 5.36. The number of rotatable bonds is 2. The average molecular weight is 267 g/mol. The van der Waals surface area contributed by atoms with E-state index in [1.807, 2.05) is 20.8 Å². The molecule has 7 nitrogen and oxygen atoms in total. The molecule has 2 rings (SSSR count). The van der Waals surface area contributed by atoms with Gasteiger partial charge in [-0.1, -0.05) is 5.11 Å².